The molecule has 0 aliphatic heterocycles. The molecule has 0 saturated carbocycles. The highest BCUT2D eigenvalue weighted by Crippen LogP contribution is 2.12. The third-order valence-corrected chi connectivity index (χ3v) is 2.52. The van der Waals surface area contributed by atoms with Gasteiger partial charge in [-0.15, -0.1) is 0 Å². The Bertz CT molecular complexity index is 330. The number of halogens is 1. The van der Waals surface area contributed by atoms with Gasteiger partial charge in [-0.3, -0.25) is 9.52 Å². The zero-order chi connectivity index (χ0) is 10.6. The summed E-state index contributed by atoms with van der Waals surface area (Å²) < 4.78 is 2.67. The Hall–Kier alpha value is -0.510. The maximum absolute atomic E-state index is 11.1. The smallest absolute Gasteiger partial charge is 0.147 e. The maximum atomic E-state index is 11.1. The zero-order valence-corrected chi connectivity index (χ0v) is 9.48. The molecule has 4 heteroatoms. The second-order valence-corrected chi connectivity index (χ2v) is 3.82. The molecule has 0 bridgehead atoms. The topological polar surface area (TPSA) is 29.1 Å². The van der Waals surface area contributed by atoms with Crippen LogP contribution >= 0.6 is 24.4 Å². The first-order valence-electron chi connectivity index (χ1n) is 4.28. The third kappa shape index (κ3) is 3.33. The van der Waals surface area contributed by atoms with E-state index < -0.39 is 0 Å². The van der Waals surface area contributed by atoms with Gasteiger partial charge in [-0.05, 0) is 31.0 Å². The van der Waals surface area contributed by atoms with Crippen molar-refractivity contribution < 1.29 is 4.79 Å². The summed E-state index contributed by atoms with van der Waals surface area (Å²) in [4.78, 5) is 11.1. The molecular weight excluding hydrogens is 218 g/mol. The van der Waals surface area contributed by atoms with Crippen molar-refractivity contribution in [2.24, 2.45) is 0 Å². The van der Waals surface area contributed by atoms with Crippen LogP contribution in [0.4, 0.5) is 0 Å². The molecule has 1 aromatic rings. The molecule has 1 N–H and O–H groups in total. The number of hydrogen-bond acceptors (Lipinski definition) is 3. The fourth-order valence-electron chi connectivity index (χ4n) is 1.18. The molecule has 2 nitrogen and oxygen atoms in total. The van der Waals surface area contributed by atoms with Gasteiger partial charge in [0.05, 0.1) is 6.04 Å². The Labute approximate surface area is 94.2 Å². The van der Waals surface area contributed by atoms with E-state index in [9.17, 15) is 4.79 Å². The van der Waals surface area contributed by atoms with Gasteiger partial charge in [-0.1, -0.05) is 36.5 Å². The lowest BCUT2D eigenvalue weighted by molar-refractivity contribution is -0.118. The van der Waals surface area contributed by atoms with E-state index in [0.29, 0.717) is 11.4 Å². The first kappa shape index (κ1) is 11.6. The standard InChI is InChI=1S/C10H12ClNOS/c1-7(13)10(12-14)6-8-3-2-4-9(11)5-8/h2-5,10,12,14H,6H2,1H3/t10-/m1/s1. The number of rotatable bonds is 4. The van der Waals surface area contributed by atoms with Crippen LogP contribution in [-0.2, 0) is 11.2 Å². The summed E-state index contributed by atoms with van der Waals surface area (Å²) in [6.45, 7) is 1.54. The van der Waals surface area contributed by atoms with Crippen LogP contribution in [0.5, 0.6) is 0 Å². The molecule has 0 aromatic heterocycles. The van der Waals surface area contributed by atoms with E-state index in [1.54, 1.807) is 6.92 Å². The van der Waals surface area contributed by atoms with Crippen molar-refractivity contribution in [3.8, 4) is 0 Å². The molecule has 0 unspecified atom stereocenters. The number of thiol groups is 1. The quantitative estimate of drug-likeness (QED) is 0.776. The Morgan fingerprint density at radius 2 is 2.36 bits per heavy atom. The molecular formula is C10H12ClNOS. The SMILES string of the molecule is CC(=O)[C@@H](Cc1cccc(Cl)c1)NS. The van der Waals surface area contributed by atoms with Gasteiger partial charge in [0.25, 0.3) is 0 Å². The molecule has 1 aromatic carbocycles. The van der Waals surface area contributed by atoms with E-state index in [1.165, 1.54) is 0 Å². The highest BCUT2D eigenvalue weighted by Gasteiger charge is 2.12. The summed E-state index contributed by atoms with van der Waals surface area (Å²) >= 11 is 9.73. The summed E-state index contributed by atoms with van der Waals surface area (Å²) in [5, 5.41) is 0.684. The first-order valence-corrected chi connectivity index (χ1v) is 5.10. The van der Waals surface area contributed by atoms with Crippen LogP contribution in [0.15, 0.2) is 24.3 Å². The van der Waals surface area contributed by atoms with E-state index in [2.05, 4.69) is 17.5 Å². The van der Waals surface area contributed by atoms with Crippen molar-refractivity contribution in [2.75, 3.05) is 0 Å². The summed E-state index contributed by atoms with van der Waals surface area (Å²) in [5.41, 5.74) is 1.03. The maximum Gasteiger partial charge on any atom is 0.147 e. The molecule has 14 heavy (non-hydrogen) atoms. The van der Waals surface area contributed by atoms with Crippen LogP contribution in [0.2, 0.25) is 5.02 Å². The van der Waals surface area contributed by atoms with Gasteiger partial charge in [-0.25, -0.2) is 0 Å². The fourth-order valence-corrected chi connectivity index (χ4v) is 1.67. The molecule has 0 spiro atoms. The zero-order valence-electron chi connectivity index (χ0n) is 7.83. The largest absolute Gasteiger partial charge is 0.298 e. The minimum Gasteiger partial charge on any atom is -0.298 e. The second-order valence-electron chi connectivity index (χ2n) is 3.13. The van der Waals surface area contributed by atoms with Gasteiger partial charge in [0.1, 0.15) is 5.78 Å². The molecule has 0 saturated heterocycles. The second kappa shape index (κ2) is 5.39. The number of nitrogens with one attached hydrogen (secondary N) is 1. The first-order chi connectivity index (χ1) is 6.63. The van der Waals surface area contributed by atoms with Crippen molar-refractivity contribution in [3.05, 3.63) is 34.9 Å². The van der Waals surface area contributed by atoms with Gasteiger partial charge >= 0.3 is 0 Å². The van der Waals surface area contributed by atoms with E-state index in [4.69, 9.17) is 11.6 Å². The Kier molecular flexibility index (Phi) is 4.45. The highest BCUT2D eigenvalue weighted by atomic mass is 35.5. The number of carbonyl (C=O) groups excluding carboxylic acids is 1. The predicted molar refractivity (Wildman–Crippen MR) is 61.7 cm³/mol. The lowest BCUT2D eigenvalue weighted by atomic mass is 10.0. The van der Waals surface area contributed by atoms with Crippen molar-refractivity contribution >= 4 is 30.2 Å². The molecule has 0 heterocycles. The number of ketones is 1. The number of benzene rings is 1. The van der Waals surface area contributed by atoms with E-state index >= 15 is 0 Å². The van der Waals surface area contributed by atoms with Crippen molar-refractivity contribution in [1.82, 2.24) is 4.72 Å². The number of carbonyl (C=O) groups is 1. The van der Waals surface area contributed by atoms with Gasteiger partial charge < -0.3 is 0 Å². The molecule has 1 rings (SSSR count). The van der Waals surface area contributed by atoms with Gasteiger partial charge in [0.15, 0.2) is 0 Å². The monoisotopic (exact) mass is 229 g/mol. The van der Waals surface area contributed by atoms with Crippen LogP contribution in [0, 0.1) is 0 Å². The Balaban J connectivity index is 2.72. The van der Waals surface area contributed by atoms with Crippen molar-refractivity contribution in [2.45, 2.75) is 19.4 Å². The molecule has 1 atom stereocenters. The van der Waals surface area contributed by atoms with Gasteiger partial charge in [0.2, 0.25) is 0 Å². The average Bonchev–Trinajstić information content (AvgIpc) is 2.14. The summed E-state index contributed by atoms with van der Waals surface area (Å²) in [5.74, 6) is 0.0694. The molecule has 0 radical (unpaired) electrons. The third-order valence-electron chi connectivity index (χ3n) is 1.98. The van der Waals surface area contributed by atoms with Crippen molar-refractivity contribution in [3.63, 3.8) is 0 Å². The number of Topliss-reactive ketones (excluding diaryl/α,β-unsaturated/α-hetero) is 1. The minimum atomic E-state index is -0.253. The molecule has 0 aliphatic rings. The minimum absolute atomic E-state index is 0.0694. The van der Waals surface area contributed by atoms with Gasteiger partial charge in [-0.2, -0.15) is 0 Å². The lowest BCUT2D eigenvalue weighted by Crippen LogP contribution is -2.31. The van der Waals surface area contributed by atoms with E-state index in [-0.39, 0.29) is 11.8 Å². The van der Waals surface area contributed by atoms with Crippen molar-refractivity contribution in [1.29, 1.82) is 0 Å². The lowest BCUT2D eigenvalue weighted by Gasteiger charge is -2.11. The fraction of sp³-hybridized carbons (Fsp3) is 0.300. The van der Waals surface area contributed by atoms with Crippen LogP contribution in [0.25, 0.3) is 0 Å². The Morgan fingerprint density at radius 3 is 2.86 bits per heavy atom. The molecule has 76 valence electrons. The van der Waals surface area contributed by atoms with E-state index in [1.807, 2.05) is 24.3 Å². The van der Waals surface area contributed by atoms with Crippen LogP contribution < -0.4 is 4.72 Å². The van der Waals surface area contributed by atoms with Crippen LogP contribution in [0.3, 0.4) is 0 Å². The van der Waals surface area contributed by atoms with Crippen LogP contribution in [-0.4, -0.2) is 11.8 Å². The highest BCUT2D eigenvalue weighted by molar-refractivity contribution is 7.78. The molecule has 0 fully saturated rings. The summed E-state index contributed by atoms with van der Waals surface area (Å²) in [7, 11) is 0. The average molecular weight is 230 g/mol. The van der Waals surface area contributed by atoms with E-state index in [0.717, 1.165) is 5.56 Å². The molecule has 0 aliphatic carbocycles. The van der Waals surface area contributed by atoms with Gasteiger partial charge in [0, 0.05) is 5.02 Å². The normalized spacial score (nSPS) is 12.5. The van der Waals surface area contributed by atoms with Crippen LogP contribution in [0.1, 0.15) is 12.5 Å². The Morgan fingerprint density at radius 1 is 1.64 bits per heavy atom. The summed E-state index contributed by atoms with van der Waals surface area (Å²) in [6, 6.07) is 7.21. The summed E-state index contributed by atoms with van der Waals surface area (Å²) in [6.07, 6.45) is 0.611. The molecule has 0 amide bonds. The number of hydrogen-bond donors (Lipinski definition) is 2. The predicted octanol–water partition coefficient (Wildman–Crippen LogP) is 2.27.